The second-order valence-corrected chi connectivity index (χ2v) is 7.58. The van der Waals surface area contributed by atoms with Crippen LogP contribution in [0.4, 0.5) is 0 Å². The van der Waals surface area contributed by atoms with E-state index in [-0.39, 0.29) is 5.91 Å². The first-order valence-corrected chi connectivity index (χ1v) is 9.80. The van der Waals surface area contributed by atoms with Gasteiger partial charge in [0.2, 0.25) is 0 Å². The van der Waals surface area contributed by atoms with Gasteiger partial charge in [0, 0.05) is 33.4 Å². The lowest BCUT2D eigenvalue weighted by Gasteiger charge is -2.00. The molecular weight excluding hydrogens is 426 g/mol. The average Bonchev–Trinajstić information content (AvgIpc) is 3.37. The number of aromatic amines is 1. The third-order valence-corrected chi connectivity index (χ3v) is 5.27. The van der Waals surface area contributed by atoms with E-state index in [9.17, 15) is 4.79 Å². The van der Waals surface area contributed by atoms with Crippen LogP contribution in [0.2, 0.25) is 0 Å². The Hall–Kier alpha value is -2.84. The van der Waals surface area contributed by atoms with Crippen LogP contribution in [0.1, 0.15) is 15.5 Å². The zero-order chi connectivity index (χ0) is 18.6. The minimum absolute atomic E-state index is 0.216. The van der Waals surface area contributed by atoms with Gasteiger partial charge in [0.25, 0.3) is 5.91 Å². The first-order chi connectivity index (χ1) is 13.2. The SMILES string of the molecule is O=C(NCc1nc(-c2ccncc2)cs1)c1cc(-c2ccc(Br)cc2)n[nH]1. The molecule has 0 fully saturated rings. The molecule has 0 spiro atoms. The minimum atomic E-state index is -0.216. The van der Waals surface area contributed by atoms with Crippen molar-refractivity contribution in [1.29, 1.82) is 0 Å². The van der Waals surface area contributed by atoms with E-state index in [2.05, 4.69) is 41.4 Å². The molecule has 8 heteroatoms. The standard InChI is InChI=1S/C19H14BrN5OS/c20-14-3-1-12(2-4-14)15-9-16(25-24-15)19(26)22-10-18-23-17(11-27-18)13-5-7-21-8-6-13/h1-9,11H,10H2,(H,22,26)(H,24,25). The van der Waals surface area contributed by atoms with Crippen LogP contribution in [0.25, 0.3) is 22.5 Å². The normalized spacial score (nSPS) is 10.7. The number of carbonyl (C=O) groups excluding carboxylic acids is 1. The molecule has 4 rings (SSSR count). The van der Waals surface area contributed by atoms with Crippen LogP contribution < -0.4 is 5.32 Å². The molecule has 134 valence electrons. The van der Waals surface area contributed by atoms with Gasteiger partial charge in [-0.05, 0) is 30.3 Å². The van der Waals surface area contributed by atoms with Crippen LogP contribution in [-0.4, -0.2) is 26.1 Å². The average molecular weight is 440 g/mol. The van der Waals surface area contributed by atoms with Crippen LogP contribution in [0.3, 0.4) is 0 Å². The number of hydrogen-bond acceptors (Lipinski definition) is 5. The van der Waals surface area contributed by atoms with Crippen molar-refractivity contribution in [2.75, 3.05) is 0 Å². The summed E-state index contributed by atoms with van der Waals surface area (Å²) in [5.74, 6) is -0.216. The fraction of sp³-hybridized carbons (Fsp3) is 0.0526. The summed E-state index contributed by atoms with van der Waals surface area (Å²) in [5, 5.41) is 12.7. The lowest BCUT2D eigenvalue weighted by molar-refractivity contribution is 0.0946. The van der Waals surface area contributed by atoms with Gasteiger partial charge in [-0.3, -0.25) is 14.9 Å². The van der Waals surface area contributed by atoms with Crippen LogP contribution in [0.5, 0.6) is 0 Å². The van der Waals surface area contributed by atoms with E-state index in [1.54, 1.807) is 18.5 Å². The molecule has 0 aliphatic rings. The molecule has 0 aliphatic carbocycles. The van der Waals surface area contributed by atoms with Gasteiger partial charge in [-0.15, -0.1) is 11.3 Å². The predicted molar refractivity (Wildman–Crippen MR) is 108 cm³/mol. The van der Waals surface area contributed by atoms with E-state index in [1.165, 1.54) is 11.3 Å². The lowest BCUT2D eigenvalue weighted by Crippen LogP contribution is -2.23. The number of amides is 1. The Kier molecular flexibility index (Phi) is 5.08. The zero-order valence-electron chi connectivity index (χ0n) is 14.0. The first kappa shape index (κ1) is 17.6. The van der Waals surface area contributed by atoms with Crippen LogP contribution in [0, 0.1) is 0 Å². The Balaban J connectivity index is 1.40. The predicted octanol–water partition coefficient (Wildman–Crippen LogP) is 4.29. The van der Waals surface area contributed by atoms with Crippen molar-refractivity contribution in [2.24, 2.45) is 0 Å². The number of carbonyl (C=O) groups is 1. The van der Waals surface area contributed by atoms with Gasteiger partial charge in [-0.2, -0.15) is 5.10 Å². The number of rotatable bonds is 5. The van der Waals surface area contributed by atoms with Crippen molar-refractivity contribution >= 4 is 33.2 Å². The van der Waals surface area contributed by atoms with E-state index in [4.69, 9.17) is 0 Å². The Bertz CT molecular complexity index is 1060. The zero-order valence-corrected chi connectivity index (χ0v) is 16.4. The van der Waals surface area contributed by atoms with Gasteiger partial charge in [0.1, 0.15) is 10.7 Å². The molecule has 0 bridgehead atoms. The maximum atomic E-state index is 12.4. The van der Waals surface area contributed by atoms with Gasteiger partial charge >= 0.3 is 0 Å². The summed E-state index contributed by atoms with van der Waals surface area (Å²) < 4.78 is 0.995. The Morgan fingerprint density at radius 3 is 2.59 bits per heavy atom. The molecule has 4 aromatic rings. The van der Waals surface area contributed by atoms with Crippen molar-refractivity contribution in [3.63, 3.8) is 0 Å². The minimum Gasteiger partial charge on any atom is -0.344 e. The maximum absolute atomic E-state index is 12.4. The molecule has 0 atom stereocenters. The number of pyridine rings is 1. The molecule has 3 heterocycles. The van der Waals surface area contributed by atoms with Crippen molar-refractivity contribution in [3.05, 3.63) is 75.4 Å². The monoisotopic (exact) mass is 439 g/mol. The number of nitrogens with one attached hydrogen (secondary N) is 2. The molecule has 6 nitrogen and oxygen atoms in total. The van der Waals surface area contributed by atoms with Crippen molar-refractivity contribution in [2.45, 2.75) is 6.54 Å². The van der Waals surface area contributed by atoms with Crippen molar-refractivity contribution < 1.29 is 4.79 Å². The molecule has 1 aromatic carbocycles. The van der Waals surface area contributed by atoms with Crippen LogP contribution in [0.15, 0.2) is 64.7 Å². The number of benzene rings is 1. The molecule has 0 saturated carbocycles. The van der Waals surface area contributed by atoms with Gasteiger partial charge in [-0.25, -0.2) is 4.98 Å². The number of halogens is 1. The lowest BCUT2D eigenvalue weighted by atomic mass is 10.1. The highest BCUT2D eigenvalue weighted by Crippen LogP contribution is 2.22. The molecular formula is C19H14BrN5OS. The van der Waals surface area contributed by atoms with E-state index < -0.39 is 0 Å². The number of H-pyrrole nitrogens is 1. The molecule has 3 aromatic heterocycles. The highest BCUT2D eigenvalue weighted by molar-refractivity contribution is 9.10. The fourth-order valence-electron chi connectivity index (χ4n) is 2.51. The maximum Gasteiger partial charge on any atom is 0.269 e. The Labute approximate surface area is 167 Å². The highest BCUT2D eigenvalue weighted by atomic mass is 79.9. The number of aromatic nitrogens is 4. The summed E-state index contributed by atoms with van der Waals surface area (Å²) >= 11 is 4.91. The third-order valence-electron chi connectivity index (χ3n) is 3.89. The number of nitrogens with zero attached hydrogens (tertiary/aromatic N) is 3. The highest BCUT2D eigenvalue weighted by Gasteiger charge is 2.12. The largest absolute Gasteiger partial charge is 0.344 e. The molecule has 0 saturated heterocycles. The van der Waals surface area contributed by atoms with Crippen molar-refractivity contribution in [3.8, 4) is 22.5 Å². The summed E-state index contributed by atoms with van der Waals surface area (Å²) in [6.45, 7) is 0.362. The smallest absolute Gasteiger partial charge is 0.269 e. The summed E-state index contributed by atoms with van der Waals surface area (Å²) in [6, 6.07) is 13.3. The van der Waals surface area contributed by atoms with Crippen LogP contribution in [-0.2, 0) is 6.54 Å². The van der Waals surface area contributed by atoms with Crippen LogP contribution >= 0.6 is 27.3 Å². The quantitative estimate of drug-likeness (QED) is 0.485. The van der Waals surface area contributed by atoms with Gasteiger partial charge in [-0.1, -0.05) is 28.1 Å². The molecule has 1 amide bonds. The van der Waals surface area contributed by atoms with E-state index in [0.29, 0.717) is 12.2 Å². The summed E-state index contributed by atoms with van der Waals surface area (Å²) in [4.78, 5) is 20.9. The topological polar surface area (TPSA) is 83.6 Å². The second kappa shape index (κ2) is 7.81. The van der Waals surface area contributed by atoms with Gasteiger partial charge in [0.15, 0.2) is 0 Å². The van der Waals surface area contributed by atoms with Gasteiger partial charge < -0.3 is 5.32 Å². The summed E-state index contributed by atoms with van der Waals surface area (Å²) in [6.07, 6.45) is 3.47. The Morgan fingerprint density at radius 2 is 1.81 bits per heavy atom. The van der Waals surface area contributed by atoms with E-state index >= 15 is 0 Å². The fourth-order valence-corrected chi connectivity index (χ4v) is 3.51. The van der Waals surface area contributed by atoms with E-state index in [1.807, 2.05) is 41.8 Å². The van der Waals surface area contributed by atoms with Crippen molar-refractivity contribution in [1.82, 2.24) is 25.5 Å². The number of thiazole rings is 1. The molecule has 0 unspecified atom stereocenters. The first-order valence-electron chi connectivity index (χ1n) is 8.13. The third kappa shape index (κ3) is 4.12. The molecule has 27 heavy (non-hydrogen) atoms. The molecule has 0 radical (unpaired) electrons. The second-order valence-electron chi connectivity index (χ2n) is 5.72. The summed E-state index contributed by atoms with van der Waals surface area (Å²) in [5.41, 5.74) is 3.97. The Morgan fingerprint density at radius 1 is 1.07 bits per heavy atom. The number of hydrogen-bond donors (Lipinski definition) is 2. The molecule has 0 aliphatic heterocycles. The van der Waals surface area contributed by atoms with Gasteiger partial charge in [0.05, 0.1) is 17.9 Å². The van der Waals surface area contributed by atoms with E-state index in [0.717, 1.165) is 32.0 Å². The molecule has 2 N–H and O–H groups in total. The summed E-state index contributed by atoms with van der Waals surface area (Å²) in [7, 11) is 0.